The highest BCUT2D eigenvalue weighted by atomic mass is 16.1. The van der Waals surface area contributed by atoms with Crippen LogP contribution in [0.15, 0.2) is 10.2 Å². The van der Waals surface area contributed by atoms with E-state index in [1.165, 1.54) is 0 Å². The SMILES string of the molecule is CC(=O)C1NCC2CN=NC21. The zero-order chi connectivity index (χ0) is 7.84. The van der Waals surface area contributed by atoms with Crippen LogP contribution >= 0.6 is 0 Å². The van der Waals surface area contributed by atoms with Crippen LogP contribution in [-0.4, -0.2) is 31.0 Å². The minimum atomic E-state index is -0.0637. The van der Waals surface area contributed by atoms with Crippen molar-refractivity contribution in [2.75, 3.05) is 13.1 Å². The average molecular weight is 153 g/mol. The first-order chi connectivity index (χ1) is 5.29. The fourth-order valence-corrected chi connectivity index (χ4v) is 1.76. The number of rotatable bonds is 1. The van der Waals surface area contributed by atoms with Gasteiger partial charge in [-0.3, -0.25) is 4.79 Å². The van der Waals surface area contributed by atoms with Gasteiger partial charge in [0.15, 0.2) is 0 Å². The molecule has 2 heterocycles. The topological polar surface area (TPSA) is 53.8 Å². The second-order valence-corrected chi connectivity index (χ2v) is 3.19. The highest BCUT2D eigenvalue weighted by Gasteiger charge is 2.40. The van der Waals surface area contributed by atoms with Crippen molar-refractivity contribution in [3.8, 4) is 0 Å². The van der Waals surface area contributed by atoms with Gasteiger partial charge >= 0.3 is 0 Å². The normalized spacial score (nSPS) is 41.0. The molecule has 2 aliphatic rings. The number of hydrogen-bond donors (Lipinski definition) is 1. The first-order valence-corrected chi connectivity index (χ1v) is 3.89. The van der Waals surface area contributed by atoms with Gasteiger partial charge < -0.3 is 5.32 Å². The first kappa shape index (κ1) is 6.91. The monoisotopic (exact) mass is 153 g/mol. The lowest BCUT2D eigenvalue weighted by Gasteiger charge is -2.09. The molecule has 4 heteroatoms. The van der Waals surface area contributed by atoms with Gasteiger partial charge in [-0.2, -0.15) is 10.2 Å². The molecule has 60 valence electrons. The van der Waals surface area contributed by atoms with Gasteiger partial charge in [0.25, 0.3) is 0 Å². The average Bonchev–Trinajstić information content (AvgIpc) is 2.41. The Morgan fingerprint density at radius 1 is 1.64 bits per heavy atom. The van der Waals surface area contributed by atoms with Gasteiger partial charge in [0.05, 0.1) is 18.6 Å². The molecule has 0 aromatic rings. The molecule has 2 rings (SSSR count). The molecule has 0 aromatic carbocycles. The van der Waals surface area contributed by atoms with Crippen LogP contribution in [0, 0.1) is 5.92 Å². The van der Waals surface area contributed by atoms with Crippen LogP contribution in [0.4, 0.5) is 0 Å². The van der Waals surface area contributed by atoms with Gasteiger partial charge in [-0.25, -0.2) is 0 Å². The fourth-order valence-electron chi connectivity index (χ4n) is 1.76. The number of ketones is 1. The Labute approximate surface area is 65.1 Å². The van der Waals surface area contributed by atoms with E-state index in [9.17, 15) is 4.79 Å². The maximum atomic E-state index is 11.0. The Morgan fingerprint density at radius 2 is 2.45 bits per heavy atom. The second kappa shape index (κ2) is 2.37. The van der Waals surface area contributed by atoms with Gasteiger partial charge in [-0.15, -0.1) is 0 Å². The Hall–Kier alpha value is -0.770. The Kier molecular flexibility index (Phi) is 1.49. The van der Waals surface area contributed by atoms with E-state index < -0.39 is 0 Å². The lowest BCUT2D eigenvalue weighted by Crippen LogP contribution is -2.36. The summed E-state index contributed by atoms with van der Waals surface area (Å²) in [7, 11) is 0. The number of hydrogen-bond acceptors (Lipinski definition) is 4. The number of nitrogens with one attached hydrogen (secondary N) is 1. The molecular weight excluding hydrogens is 142 g/mol. The smallest absolute Gasteiger partial charge is 0.148 e. The third-order valence-corrected chi connectivity index (χ3v) is 2.39. The zero-order valence-electron chi connectivity index (χ0n) is 6.45. The molecule has 1 fully saturated rings. The van der Waals surface area contributed by atoms with Crippen molar-refractivity contribution in [2.24, 2.45) is 16.1 Å². The molecule has 0 saturated carbocycles. The van der Waals surface area contributed by atoms with Crippen molar-refractivity contribution < 1.29 is 4.79 Å². The summed E-state index contributed by atoms with van der Waals surface area (Å²) < 4.78 is 0. The van der Waals surface area contributed by atoms with Crippen LogP contribution in [0.25, 0.3) is 0 Å². The molecule has 0 aromatic heterocycles. The number of Topliss-reactive ketones (excluding diaryl/α,β-unsaturated/α-hetero) is 1. The van der Waals surface area contributed by atoms with Crippen LogP contribution in [0.1, 0.15) is 6.92 Å². The Bertz CT molecular complexity index is 214. The summed E-state index contributed by atoms with van der Waals surface area (Å²) in [5, 5.41) is 11.1. The molecular formula is C7H11N3O. The highest BCUT2D eigenvalue weighted by Crippen LogP contribution is 2.24. The summed E-state index contributed by atoms with van der Waals surface area (Å²) in [5.74, 6) is 0.655. The molecule has 3 unspecified atom stereocenters. The van der Waals surface area contributed by atoms with Crippen LogP contribution in [0.3, 0.4) is 0 Å². The van der Waals surface area contributed by atoms with Gasteiger partial charge in [0, 0.05) is 12.5 Å². The minimum absolute atomic E-state index is 0.0637. The largest absolute Gasteiger partial charge is 0.305 e. The predicted octanol–water partition coefficient (Wildman–Crippen LogP) is -0.00220. The summed E-state index contributed by atoms with van der Waals surface area (Å²) in [6.45, 7) is 3.29. The van der Waals surface area contributed by atoms with Gasteiger partial charge in [-0.05, 0) is 6.92 Å². The quantitative estimate of drug-likeness (QED) is 0.576. The van der Waals surface area contributed by atoms with E-state index in [0.717, 1.165) is 13.1 Å². The molecule has 1 saturated heterocycles. The van der Waals surface area contributed by atoms with Crippen LogP contribution in [0.5, 0.6) is 0 Å². The van der Waals surface area contributed by atoms with Gasteiger partial charge in [-0.1, -0.05) is 0 Å². The number of carbonyl (C=O) groups is 1. The molecule has 2 aliphatic heterocycles. The summed E-state index contributed by atoms with van der Waals surface area (Å²) >= 11 is 0. The van der Waals surface area contributed by atoms with Crippen LogP contribution in [0.2, 0.25) is 0 Å². The van der Waals surface area contributed by atoms with E-state index in [4.69, 9.17) is 0 Å². The standard InChI is InChI=1S/C7H11N3O/c1-4(11)6-7-5(2-8-6)3-9-10-7/h5-8H,2-3H2,1H3. The third-order valence-electron chi connectivity index (χ3n) is 2.39. The number of carbonyl (C=O) groups excluding carboxylic acids is 1. The minimum Gasteiger partial charge on any atom is -0.305 e. The van der Waals surface area contributed by atoms with E-state index >= 15 is 0 Å². The van der Waals surface area contributed by atoms with Gasteiger partial charge in [0.2, 0.25) is 0 Å². The second-order valence-electron chi connectivity index (χ2n) is 3.19. The Morgan fingerprint density at radius 3 is 3.18 bits per heavy atom. The molecule has 0 radical (unpaired) electrons. The number of nitrogens with zero attached hydrogens (tertiary/aromatic N) is 2. The summed E-state index contributed by atoms with van der Waals surface area (Å²) in [5.41, 5.74) is 0. The molecule has 3 atom stereocenters. The fraction of sp³-hybridized carbons (Fsp3) is 0.857. The lowest BCUT2D eigenvalue weighted by atomic mass is 9.99. The highest BCUT2D eigenvalue weighted by molar-refractivity contribution is 5.82. The van der Waals surface area contributed by atoms with Crippen molar-refractivity contribution in [2.45, 2.75) is 19.0 Å². The summed E-state index contributed by atoms with van der Waals surface area (Å²) in [6, 6.07) is 0.0683. The van der Waals surface area contributed by atoms with Crippen molar-refractivity contribution >= 4 is 5.78 Å². The van der Waals surface area contributed by atoms with Crippen molar-refractivity contribution in [1.82, 2.24) is 5.32 Å². The van der Waals surface area contributed by atoms with Crippen molar-refractivity contribution in [1.29, 1.82) is 0 Å². The van der Waals surface area contributed by atoms with E-state index in [1.54, 1.807) is 6.92 Å². The number of azo groups is 1. The summed E-state index contributed by atoms with van der Waals surface area (Å²) in [6.07, 6.45) is 0. The van der Waals surface area contributed by atoms with Crippen molar-refractivity contribution in [3.05, 3.63) is 0 Å². The third kappa shape index (κ3) is 0.976. The van der Waals surface area contributed by atoms with Crippen molar-refractivity contribution in [3.63, 3.8) is 0 Å². The predicted molar refractivity (Wildman–Crippen MR) is 39.5 cm³/mol. The maximum absolute atomic E-state index is 11.0. The number of fused-ring (bicyclic) bond motifs is 1. The van der Waals surface area contributed by atoms with E-state index in [1.807, 2.05) is 0 Å². The van der Waals surface area contributed by atoms with E-state index in [0.29, 0.717) is 5.92 Å². The van der Waals surface area contributed by atoms with Crippen LogP contribution < -0.4 is 5.32 Å². The molecule has 0 aliphatic carbocycles. The van der Waals surface area contributed by atoms with Crippen LogP contribution in [-0.2, 0) is 4.79 Å². The van der Waals surface area contributed by atoms with E-state index in [-0.39, 0.29) is 17.9 Å². The molecule has 1 N–H and O–H groups in total. The molecule has 0 spiro atoms. The Balaban J connectivity index is 2.14. The molecule has 0 bridgehead atoms. The molecule has 0 amide bonds. The lowest BCUT2D eigenvalue weighted by molar-refractivity contribution is -0.118. The zero-order valence-corrected chi connectivity index (χ0v) is 6.45. The molecule has 11 heavy (non-hydrogen) atoms. The first-order valence-electron chi connectivity index (χ1n) is 3.89. The van der Waals surface area contributed by atoms with E-state index in [2.05, 4.69) is 15.5 Å². The molecule has 4 nitrogen and oxygen atoms in total. The maximum Gasteiger partial charge on any atom is 0.148 e. The summed E-state index contributed by atoms with van der Waals surface area (Å²) in [4.78, 5) is 11.0. The van der Waals surface area contributed by atoms with Gasteiger partial charge in [0.1, 0.15) is 5.78 Å².